The zero-order chi connectivity index (χ0) is 18.1. The summed E-state index contributed by atoms with van der Waals surface area (Å²) in [6.45, 7) is -0.578. The Morgan fingerprint density at radius 1 is 1.04 bits per heavy atom. The van der Waals surface area contributed by atoms with E-state index in [9.17, 15) is 30.5 Å². The molecule has 1 fully saturated rings. The summed E-state index contributed by atoms with van der Waals surface area (Å²) in [5.74, 6) is 0.200. The monoisotopic (exact) mass is 351 g/mol. The Kier molecular flexibility index (Phi) is 4.84. The quantitative estimate of drug-likeness (QED) is 0.443. The Morgan fingerprint density at radius 3 is 2.36 bits per heavy atom. The molecule has 2 aromatic rings. The lowest BCUT2D eigenvalue weighted by Crippen LogP contribution is -2.60. The third-order valence-electron chi connectivity index (χ3n) is 4.15. The van der Waals surface area contributed by atoms with Gasteiger partial charge in [-0.05, 0) is 12.1 Å². The maximum Gasteiger partial charge on any atom is 0.277 e. The van der Waals surface area contributed by atoms with Gasteiger partial charge in [0.25, 0.3) is 5.69 Å². The largest absolute Gasteiger partial charge is 0.461 e. The van der Waals surface area contributed by atoms with Crippen LogP contribution in [0.4, 0.5) is 5.69 Å². The lowest BCUT2D eigenvalue weighted by atomic mass is 9.99. The van der Waals surface area contributed by atoms with E-state index in [0.717, 1.165) is 0 Å². The highest BCUT2D eigenvalue weighted by molar-refractivity contribution is 5.95. The molecule has 3 rings (SSSR count). The number of nitrogens with zero attached hydrogens (tertiary/aromatic N) is 1. The first-order valence-corrected chi connectivity index (χ1v) is 7.57. The van der Waals surface area contributed by atoms with Gasteiger partial charge < -0.3 is 29.9 Å². The molecule has 5 atom stereocenters. The van der Waals surface area contributed by atoms with E-state index < -0.39 is 42.2 Å². The molecule has 0 aromatic heterocycles. The van der Waals surface area contributed by atoms with Gasteiger partial charge in [0.2, 0.25) is 6.29 Å². The minimum atomic E-state index is -1.57. The van der Waals surface area contributed by atoms with Gasteiger partial charge in [-0.25, -0.2) is 0 Å². The summed E-state index contributed by atoms with van der Waals surface area (Å²) >= 11 is 0. The van der Waals surface area contributed by atoms with Gasteiger partial charge in [0.1, 0.15) is 30.2 Å². The van der Waals surface area contributed by atoms with E-state index >= 15 is 0 Å². The summed E-state index contributed by atoms with van der Waals surface area (Å²) in [4.78, 5) is 10.6. The molecule has 1 saturated heterocycles. The van der Waals surface area contributed by atoms with Gasteiger partial charge in [-0.3, -0.25) is 10.1 Å². The Morgan fingerprint density at radius 2 is 1.72 bits per heavy atom. The first kappa shape index (κ1) is 17.5. The van der Waals surface area contributed by atoms with E-state index in [1.54, 1.807) is 24.3 Å². The van der Waals surface area contributed by atoms with Crippen molar-refractivity contribution in [3.8, 4) is 5.75 Å². The second-order valence-electron chi connectivity index (χ2n) is 5.70. The third kappa shape index (κ3) is 3.15. The van der Waals surface area contributed by atoms with Crippen molar-refractivity contribution < 1.29 is 34.8 Å². The first-order valence-electron chi connectivity index (χ1n) is 7.57. The number of aliphatic hydroxyl groups is 4. The standard InChI is InChI=1S/C16H17NO8/c18-7-12-13(19)14(20)15(21)16(25-12)24-11-6-5-10(17(22)23)8-3-1-2-4-9(8)11/h1-6,12-16,18-21H,7H2/t12-,13+,14+,15-,16-/m1/s1. The molecule has 2 aromatic carbocycles. The van der Waals surface area contributed by atoms with Crippen LogP contribution in [-0.4, -0.2) is 62.7 Å². The van der Waals surface area contributed by atoms with Crippen LogP contribution < -0.4 is 4.74 Å². The van der Waals surface area contributed by atoms with Gasteiger partial charge in [0.15, 0.2) is 0 Å². The van der Waals surface area contributed by atoms with Gasteiger partial charge in [0.05, 0.1) is 16.9 Å². The van der Waals surface area contributed by atoms with E-state index in [-0.39, 0.29) is 11.4 Å². The smallest absolute Gasteiger partial charge is 0.277 e. The molecule has 1 aliphatic rings. The highest BCUT2D eigenvalue weighted by atomic mass is 16.7. The van der Waals surface area contributed by atoms with E-state index in [2.05, 4.69) is 0 Å². The van der Waals surface area contributed by atoms with Gasteiger partial charge in [-0.2, -0.15) is 0 Å². The predicted octanol–water partition coefficient (Wildman–Crippen LogP) is -0.0733. The van der Waals surface area contributed by atoms with Gasteiger partial charge in [0, 0.05) is 11.5 Å². The maximum atomic E-state index is 11.1. The molecular weight excluding hydrogens is 334 g/mol. The molecule has 0 bridgehead atoms. The predicted molar refractivity (Wildman–Crippen MR) is 85.0 cm³/mol. The van der Waals surface area contributed by atoms with Crippen LogP contribution in [0.25, 0.3) is 10.8 Å². The number of nitro groups is 1. The van der Waals surface area contributed by atoms with Crippen molar-refractivity contribution >= 4 is 16.5 Å². The summed E-state index contributed by atoms with van der Waals surface area (Å²) in [6, 6.07) is 9.12. The Bertz CT molecular complexity index is 780. The number of rotatable bonds is 4. The lowest BCUT2D eigenvalue weighted by Gasteiger charge is -2.39. The van der Waals surface area contributed by atoms with Crippen LogP contribution in [0.5, 0.6) is 5.75 Å². The Labute approximate surface area is 141 Å². The maximum absolute atomic E-state index is 11.1. The van der Waals surface area contributed by atoms with Crippen molar-refractivity contribution in [1.82, 2.24) is 0 Å². The number of fused-ring (bicyclic) bond motifs is 1. The minimum Gasteiger partial charge on any atom is -0.461 e. The van der Waals surface area contributed by atoms with Crippen LogP contribution in [-0.2, 0) is 4.74 Å². The second kappa shape index (κ2) is 6.90. The number of nitro benzene ring substituents is 1. The van der Waals surface area contributed by atoms with Crippen molar-refractivity contribution in [1.29, 1.82) is 0 Å². The number of hydrogen-bond acceptors (Lipinski definition) is 8. The SMILES string of the molecule is O=[N+]([O-])c1ccc(O[C@@H]2O[C@H](CO)[C@H](O)[C@H](O)[C@H]2O)c2ccccc12. The summed E-state index contributed by atoms with van der Waals surface area (Å²) < 4.78 is 10.9. The van der Waals surface area contributed by atoms with Crippen LogP contribution in [0.15, 0.2) is 36.4 Å². The molecule has 1 heterocycles. The van der Waals surface area contributed by atoms with Crippen molar-refractivity contribution in [2.24, 2.45) is 0 Å². The van der Waals surface area contributed by atoms with Crippen molar-refractivity contribution in [2.75, 3.05) is 6.61 Å². The molecule has 0 amide bonds. The molecule has 0 radical (unpaired) electrons. The Hall–Kier alpha value is -2.30. The highest BCUT2D eigenvalue weighted by Gasteiger charge is 2.44. The zero-order valence-corrected chi connectivity index (χ0v) is 12.9. The fraction of sp³-hybridized carbons (Fsp3) is 0.375. The topological polar surface area (TPSA) is 143 Å². The number of aliphatic hydroxyl groups excluding tert-OH is 4. The van der Waals surface area contributed by atoms with E-state index in [1.807, 2.05) is 0 Å². The molecule has 9 heteroatoms. The molecule has 0 unspecified atom stereocenters. The second-order valence-corrected chi connectivity index (χ2v) is 5.70. The average Bonchev–Trinajstić information content (AvgIpc) is 2.62. The number of hydrogen-bond donors (Lipinski definition) is 4. The molecule has 0 saturated carbocycles. The van der Waals surface area contributed by atoms with Gasteiger partial charge >= 0.3 is 0 Å². The first-order chi connectivity index (χ1) is 11.9. The molecule has 134 valence electrons. The number of non-ortho nitro benzene ring substituents is 1. The molecule has 25 heavy (non-hydrogen) atoms. The molecular formula is C16H17NO8. The summed E-state index contributed by atoms with van der Waals surface area (Å²) in [7, 11) is 0. The number of benzene rings is 2. The van der Waals surface area contributed by atoms with E-state index in [4.69, 9.17) is 9.47 Å². The normalized spacial score (nSPS) is 29.5. The lowest BCUT2D eigenvalue weighted by molar-refractivity contribution is -0.383. The van der Waals surface area contributed by atoms with Gasteiger partial charge in [-0.1, -0.05) is 18.2 Å². The molecule has 4 N–H and O–H groups in total. The minimum absolute atomic E-state index is 0.100. The van der Waals surface area contributed by atoms with Crippen LogP contribution in [0.2, 0.25) is 0 Å². The van der Waals surface area contributed by atoms with Crippen molar-refractivity contribution in [3.63, 3.8) is 0 Å². The van der Waals surface area contributed by atoms with Crippen molar-refractivity contribution in [2.45, 2.75) is 30.7 Å². The van der Waals surface area contributed by atoms with Crippen LogP contribution in [0.3, 0.4) is 0 Å². The highest BCUT2D eigenvalue weighted by Crippen LogP contribution is 2.34. The number of ether oxygens (including phenoxy) is 2. The fourth-order valence-corrected chi connectivity index (χ4v) is 2.81. The fourth-order valence-electron chi connectivity index (χ4n) is 2.81. The van der Waals surface area contributed by atoms with Crippen LogP contribution in [0.1, 0.15) is 0 Å². The van der Waals surface area contributed by atoms with Crippen LogP contribution in [0, 0.1) is 10.1 Å². The molecule has 0 spiro atoms. The van der Waals surface area contributed by atoms with Crippen molar-refractivity contribution in [3.05, 3.63) is 46.5 Å². The van der Waals surface area contributed by atoms with E-state index in [1.165, 1.54) is 12.1 Å². The molecule has 0 aliphatic carbocycles. The summed E-state index contributed by atoms with van der Waals surface area (Å²) in [6.07, 6.45) is -7.09. The summed E-state index contributed by atoms with van der Waals surface area (Å²) in [5, 5.41) is 50.8. The average molecular weight is 351 g/mol. The molecule has 1 aliphatic heterocycles. The molecule has 9 nitrogen and oxygen atoms in total. The Balaban J connectivity index is 1.95. The van der Waals surface area contributed by atoms with E-state index in [0.29, 0.717) is 10.8 Å². The zero-order valence-electron chi connectivity index (χ0n) is 12.9. The van der Waals surface area contributed by atoms with Gasteiger partial charge in [-0.15, -0.1) is 0 Å². The van der Waals surface area contributed by atoms with Crippen LogP contribution >= 0.6 is 0 Å². The third-order valence-corrected chi connectivity index (χ3v) is 4.15. The summed E-state index contributed by atoms with van der Waals surface area (Å²) in [5.41, 5.74) is -0.100.